The molecule has 10 heteroatoms. The van der Waals surface area contributed by atoms with Crippen molar-refractivity contribution in [3.05, 3.63) is 69.1 Å². The maximum absolute atomic E-state index is 12.7. The zero-order chi connectivity index (χ0) is 22.3. The summed E-state index contributed by atoms with van der Waals surface area (Å²) >= 11 is 6.71. The molecule has 1 amide bonds. The Labute approximate surface area is 199 Å². The van der Waals surface area contributed by atoms with E-state index in [0.717, 1.165) is 14.5 Å². The summed E-state index contributed by atoms with van der Waals surface area (Å²) in [7, 11) is -3.53. The first-order valence-electron chi connectivity index (χ1n) is 9.57. The lowest BCUT2D eigenvalue weighted by Gasteiger charge is -2.33. The summed E-state index contributed by atoms with van der Waals surface area (Å²) in [6.45, 7) is 1.78. The van der Waals surface area contributed by atoms with Crippen LogP contribution in [0, 0.1) is 0 Å². The number of hydrazone groups is 1. The molecule has 0 atom stereocenters. The van der Waals surface area contributed by atoms with Crippen LogP contribution in [0.2, 0.25) is 0 Å². The normalized spacial score (nSPS) is 16.5. The van der Waals surface area contributed by atoms with Gasteiger partial charge in [0.05, 0.1) is 17.7 Å². The van der Waals surface area contributed by atoms with E-state index in [-0.39, 0.29) is 17.3 Å². The number of benzene rings is 2. The van der Waals surface area contributed by atoms with E-state index in [1.54, 1.807) is 24.3 Å². The molecule has 1 aliphatic rings. The number of rotatable bonds is 7. The van der Waals surface area contributed by atoms with Gasteiger partial charge in [-0.3, -0.25) is 9.69 Å². The smallest absolute Gasteiger partial charge is 0.254 e. The molecule has 0 bridgehead atoms. The van der Waals surface area contributed by atoms with Crippen molar-refractivity contribution in [2.45, 2.75) is 4.90 Å². The van der Waals surface area contributed by atoms with E-state index in [1.165, 1.54) is 10.5 Å². The molecule has 1 saturated heterocycles. The topological polar surface area (TPSA) is 82.1 Å². The van der Waals surface area contributed by atoms with Gasteiger partial charge in [-0.1, -0.05) is 46.3 Å². The Bertz CT molecular complexity index is 1050. The molecule has 3 rings (SSSR count). The van der Waals surface area contributed by atoms with Crippen molar-refractivity contribution in [3.63, 3.8) is 0 Å². The molecule has 1 fully saturated rings. The predicted molar refractivity (Wildman–Crippen MR) is 129 cm³/mol. The molecule has 0 saturated carbocycles. The van der Waals surface area contributed by atoms with Gasteiger partial charge in [0, 0.05) is 35.1 Å². The molecule has 7 nitrogen and oxygen atoms in total. The third-order valence-corrected chi connectivity index (χ3v) is 7.51. The van der Waals surface area contributed by atoms with Crippen molar-refractivity contribution in [2.75, 3.05) is 32.7 Å². The molecule has 2 aromatic rings. The van der Waals surface area contributed by atoms with Gasteiger partial charge in [-0.2, -0.15) is 9.41 Å². The van der Waals surface area contributed by atoms with Crippen molar-refractivity contribution in [3.8, 4) is 0 Å². The van der Waals surface area contributed by atoms with Gasteiger partial charge in [0.2, 0.25) is 10.0 Å². The quantitative estimate of drug-likeness (QED) is 0.410. The molecule has 31 heavy (non-hydrogen) atoms. The van der Waals surface area contributed by atoms with E-state index in [9.17, 15) is 13.2 Å². The summed E-state index contributed by atoms with van der Waals surface area (Å²) in [5.74, 6) is -0.250. The first kappa shape index (κ1) is 23.8. The minimum Gasteiger partial charge on any atom is -0.292 e. The minimum absolute atomic E-state index is 0.156. The van der Waals surface area contributed by atoms with Gasteiger partial charge in [-0.25, -0.2) is 13.8 Å². The van der Waals surface area contributed by atoms with E-state index < -0.39 is 10.0 Å². The van der Waals surface area contributed by atoms with E-state index in [0.29, 0.717) is 26.2 Å². The number of carbonyl (C=O) groups excluding carboxylic acids is 1. The number of amides is 1. The molecular weight excluding hydrogens is 548 g/mol. The third-order valence-electron chi connectivity index (χ3n) is 4.63. The van der Waals surface area contributed by atoms with Gasteiger partial charge < -0.3 is 0 Å². The Morgan fingerprint density at radius 1 is 1.03 bits per heavy atom. The second-order valence-corrected chi connectivity index (χ2v) is 10.6. The fourth-order valence-electron chi connectivity index (χ4n) is 3.03. The lowest BCUT2D eigenvalue weighted by atomic mass is 10.2. The van der Waals surface area contributed by atoms with Crippen LogP contribution in [-0.4, -0.2) is 62.5 Å². The number of nitrogens with one attached hydrogen (secondary N) is 1. The molecule has 1 heterocycles. The average Bonchev–Trinajstić information content (AvgIpc) is 2.75. The Morgan fingerprint density at radius 2 is 1.68 bits per heavy atom. The van der Waals surface area contributed by atoms with Gasteiger partial charge in [0.25, 0.3) is 5.91 Å². The van der Waals surface area contributed by atoms with Crippen LogP contribution in [0.1, 0.15) is 5.56 Å². The van der Waals surface area contributed by atoms with Gasteiger partial charge in [-0.05, 0) is 51.8 Å². The Kier molecular flexibility index (Phi) is 8.56. The summed E-state index contributed by atoms with van der Waals surface area (Å²) in [6, 6.07) is 16.3. The molecular formula is C21H22Br2N4O3S. The van der Waals surface area contributed by atoms with Gasteiger partial charge >= 0.3 is 0 Å². The third kappa shape index (κ3) is 7.08. The summed E-state index contributed by atoms with van der Waals surface area (Å²) in [6.07, 6.45) is 3.41. The molecule has 0 spiro atoms. The first-order chi connectivity index (χ1) is 14.8. The Morgan fingerprint density at radius 3 is 2.32 bits per heavy atom. The van der Waals surface area contributed by atoms with Crippen molar-refractivity contribution < 1.29 is 13.2 Å². The molecule has 0 unspecified atom stereocenters. The summed E-state index contributed by atoms with van der Waals surface area (Å²) in [5, 5.41) is 3.96. The van der Waals surface area contributed by atoms with Crippen LogP contribution < -0.4 is 5.43 Å². The van der Waals surface area contributed by atoms with Crippen LogP contribution in [0.3, 0.4) is 0 Å². The lowest BCUT2D eigenvalue weighted by Crippen LogP contribution is -2.50. The predicted octanol–water partition coefficient (Wildman–Crippen LogP) is 3.29. The number of nitrogens with zero attached hydrogens (tertiary/aromatic N) is 3. The van der Waals surface area contributed by atoms with Crippen LogP contribution in [0.25, 0.3) is 6.08 Å². The molecule has 1 aliphatic heterocycles. The van der Waals surface area contributed by atoms with Crippen LogP contribution >= 0.6 is 31.9 Å². The Hall–Kier alpha value is -1.85. The van der Waals surface area contributed by atoms with Gasteiger partial charge in [-0.15, -0.1) is 0 Å². The highest BCUT2D eigenvalue weighted by Gasteiger charge is 2.28. The van der Waals surface area contributed by atoms with Crippen molar-refractivity contribution in [1.82, 2.24) is 14.6 Å². The standard InChI is InChI=1S/C21H22Br2N4O3S/c22-18-6-8-20(9-7-18)31(29,30)27-12-10-26(11-13-27)16-21(28)25-24-15-19(23)14-17-4-2-1-3-5-17/h1-9,14-15H,10-13,16H2,(H,25,28)/b19-14-,24-15-. The number of hydrogen-bond acceptors (Lipinski definition) is 5. The number of halogens is 2. The fourth-order valence-corrected chi connectivity index (χ4v) is 5.09. The SMILES string of the molecule is O=C(CN1CCN(S(=O)(=O)c2ccc(Br)cc2)CC1)N/N=C\C(Br)=C\c1ccccc1. The van der Waals surface area contributed by atoms with Gasteiger partial charge in [0.1, 0.15) is 0 Å². The average molecular weight is 570 g/mol. The second kappa shape index (κ2) is 11.1. The lowest BCUT2D eigenvalue weighted by molar-refractivity contribution is -0.122. The molecule has 1 N–H and O–H groups in total. The maximum Gasteiger partial charge on any atom is 0.254 e. The molecule has 0 radical (unpaired) electrons. The van der Waals surface area contributed by atoms with Crippen LogP contribution in [0.5, 0.6) is 0 Å². The highest BCUT2D eigenvalue weighted by atomic mass is 79.9. The number of hydrogen-bond donors (Lipinski definition) is 1. The number of allylic oxidation sites excluding steroid dienone is 1. The molecule has 164 valence electrons. The zero-order valence-electron chi connectivity index (χ0n) is 16.6. The number of carbonyl (C=O) groups is 1. The zero-order valence-corrected chi connectivity index (χ0v) is 20.6. The monoisotopic (exact) mass is 568 g/mol. The van der Waals surface area contributed by atoms with Crippen molar-refractivity contribution >= 4 is 60.1 Å². The first-order valence-corrected chi connectivity index (χ1v) is 12.6. The van der Waals surface area contributed by atoms with Crippen LogP contribution in [0.15, 0.2) is 73.5 Å². The summed E-state index contributed by atoms with van der Waals surface area (Å²) in [4.78, 5) is 14.3. The largest absolute Gasteiger partial charge is 0.292 e. The summed E-state index contributed by atoms with van der Waals surface area (Å²) < 4.78 is 28.5. The number of sulfonamides is 1. The molecule has 0 aromatic heterocycles. The van der Waals surface area contributed by atoms with Crippen molar-refractivity contribution in [2.24, 2.45) is 5.10 Å². The van der Waals surface area contributed by atoms with E-state index >= 15 is 0 Å². The Balaban J connectivity index is 1.45. The van der Waals surface area contributed by atoms with E-state index in [1.807, 2.05) is 41.3 Å². The number of piperazine rings is 1. The molecule has 2 aromatic carbocycles. The van der Waals surface area contributed by atoms with Crippen LogP contribution in [-0.2, 0) is 14.8 Å². The maximum atomic E-state index is 12.7. The van der Waals surface area contributed by atoms with Gasteiger partial charge in [0.15, 0.2) is 0 Å². The van der Waals surface area contributed by atoms with Crippen molar-refractivity contribution in [1.29, 1.82) is 0 Å². The highest BCUT2D eigenvalue weighted by Crippen LogP contribution is 2.20. The van der Waals surface area contributed by atoms with Crippen LogP contribution in [0.4, 0.5) is 0 Å². The second-order valence-electron chi connectivity index (χ2n) is 6.87. The molecule has 0 aliphatic carbocycles. The minimum atomic E-state index is -3.53. The van der Waals surface area contributed by atoms with E-state index in [4.69, 9.17) is 0 Å². The fraction of sp³-hybridized carbons (Fsp3) is 0.238. The highest BCUT2D eigenvalue weighted by molar-refractivity contribution is 9.12. The van der Waals surface area contributed by atoms with E-state index in [2.05, 4.69) is 42.4 Å². The summed E-state index contributed by atoms with van der Waals surface area (Å²) in [5.41, 5.74) is 3.52.